The molecule has 0 aromatic heterocycles. The molecule has 0 fully saturated rings. The van der Waals surface area contributed by atoms with Gasteiger partial charge in [0.05, 0.1) is 27.9 Å². The van der Waals surface area contributed by atoms with Crippen LogP contribution < -0.4 is 9.80 Å². The van der Waals surface area contributed by atoms with E-state index in [1.54, 1.807) is 0 Å². The third-order valence-corrected chi connectivity index (χ3v) is 17.2. The predicted octanol–water partition coefficient (Wildman–Crippen LogP) is 20.7. The van der Waals surface area contributed by atoms with Crippen LogP contribution in [0.4, 0.5) is 34.1 Å². The Balaban J connectivity index is 0.889. The first-order valence-electron chi connectivity index (χ1n) is 28.4. The first kappa shape index (κ1) is 48.6. The molecule has 386 valence electrons. The summed E-state index contributed by atoms with van der Waals surface area (Å²) in [5.74, 6) is 0. The van der Waals surface area contributed by atoms with Gasteiger partial charge in [0.2, 0.25) is 0 Å². The van der Waals surface area contributed by atoms with Crippen LogP contribution in [-0.4, -0.2) is 0 Å². The van der Waals surface area contributed by atoms with Gasteiger partial charge in [0.15, 0.2) is 0 Å². The second-order valence-electron chi connectivity index (χ2n) is 21.4. The maximum absolute atomic E-state index is 2.50. The first-order chi connectivity index (χ1) is 40.7. The van der Waals surface area contributed by atoms with Crippen molar-refractivity contribution in [2.24, 2.45) is 0 Å². The van der Waals surface area contributed by atoms with E-state index in [1.807, 2.05) is 0 Å². The molecule has 0 N–H and O–H groups in total. The summed E-state index contributed by atoms with van der Waals surface area (Å²) in [5.41, 5.74) is 25.1. The van der Waals surface area contributed by atoms with Crippen LogP contribution >= 0.6 is 0 Å². The summed E-state index contributed by atoms with van der Waals surface area (Å²) in [6, 6.07) is 125. The third kappa shape index (κ3) is 7.64. The number of benzene rings is 13. The number of rotatable bonds is 12. The van der Waals surface area contributed by atoms with Gasteiger partial charge in [0.1, 0.15) is 0 Å². The summed E-state index contributed by atoms with van der Waals surface area (Å²) < 4.78 is 0. The molecule has 2 aliphatic carbocycles. The summed E-state index contributed by atoms with van der Waals surface area (Å²) in [6.45, 7) is 0. The normalized spacial score (nSPS) is 13.1. The van der Waals surface area contributed by atoms with Gasteiger partial charge >= 0.3 is 0 Å². The van der Waals surface area contributed by atoms with Gasteiger partial charge in [-0.2, -0.15) is 0 Å². The van der Waals surface area contributed by atoms with Gasteiger partial charge < -0.3 is 9.80 Å². The van der Waals surface area contributed by atoms with Gasteiger partial charge in [0.25, 0.3) is 0 Å². The monoisotopic (exact) mass is 1040 g/mol. The largest absolute Gasteiger partial charge is 0.310 e. The SMILES string of the molecule is c1ccc(-c2cc(-c3ccc(N(c4ccccc4)c4cccc5c4-c4ccccc4C5(c4ccccc4)c4ccccc4)cc3)ccc2N(c2ccccc2)c2cccc3c2-c2ccccc2C3(c2ccccc2)c2ccccc2)cc1. The molecule has 0 spiro atoms. The van der Waals surface area contributed by atoms with Gasteiger partial charge in [-0.05, 0) is 133 Å². The highest BCUT2D eigenvalue weighted by atomic mass is 15.2. The Hall–Kier alpha value is -10.5. The Morgan fingerprint density at radius 2 is 0.537 bits per heavy atom. The van der Waals surface area contributed by atoms with Crippen LogP contribution in [0.3, 0.4) is 0 Å². The maximum Gasteiger partial charge on any atom is 0.0714 e. The van der Waals surface area contributed by atoms with E-state index in [-0.39, 0.29) is 0 Å². The molecular formula is C80H56N2. The lowest BCUT2D eigenvalue weighted by Gasteiger charge is -2.34. The van der Waals surface area contributed by atoms with Crippen LogP contribution in [0, 0.1) is 0 Å². The van der Waals surface area contributed by atoms with Crippen molar-refractivity contribution in [3.63, 3.8) is 0 Å². The van der Waals surface area contributed by atoms with Crippen LogP contribution in [0.15, 0.2) is 340 Å². The van der Waals surface area contributed by atoms with E-state index in [0.717, 1.165) is 56.4 Å². The lowest BCUT2D eigenvalue weighted by Crippen LogP contribution is -2.28. The predicted molar refractivity (Wildman–Crippen MR) is 341 cm³/mol. The summed E-state index contributed by atoms with van der Waals surface area (Å²) in [4.78, 5) is 4.94. The number of fused-ring (bicyclic) bond motifs is 6. The Labute approximate surface area is 480 Å². The molecule has 82 heavy (non-hydrogen) atoms. The zero-order chi connectivity index (χ0) is 54.5. The molecule has 0 saturated carbocycles. The lowest BCUT2D eigenvalue weighted by molar-refractivity contribution is 0.768. The molecule has 15 rings (SSSR count). The van der Waals surface area contributed by atoms with Crippen LogP contribution in [0.1, 0.15) is 44.5 Å². The highest BCUT2D eigenvalue weighted by molar-refractivity contribution is 6.01. The third-order valence-electron chi connectivity index (χ3n) is 17.2. The minimum absolute atomic E-state index is 0.519. The molecule has 0 heterocycles. The standard InChI is InChI=1S/C80H56N2/c1-8-28-58(29-9-1)69-56-59(52-55-74(69)82(65-40-20-7-21-41-65)76-49-27-47-73-78(76)68-43-23-25-45-71(68)80(73,62-34-14-4-15-35-62)63-36-16-5-17-37-63)57-50-53-66(54-51-57)81(64-38-18-6-19-39-64)75-48-26-46-72-77(75)67-42-22-24-44-70(67)79(72,60-30-10-2-11-31-60)61-32-12-3-13-33-61/h1-56H. The molecule has 0 unspecified atom stereocenters. The number of hydrogen-bond donors (Lipinski definition) is 0. The summed E-state index contributed by atoms with van der Waals surface area (Å²) in [7, 11) is 0. The highest BCUT2D eigenvalue weighted by Gasteiger charge is 2.49. The van der Waals surface area contributed by atoms with E-state index in [4.69, 9.17) is 0 Å². The smallest absolute Gasteiger partial charge is 0.0714 e. The Morgan fingerprint density at radius 1 is 0.195 bits per heavy atom. The molecule has 13 aromatic carbocycles. The van der Waals surface area contributed by atoms with Gasteiger partial charge in [-0.3, -0.25) is 0 Å². The average Bonchev–Trinajstić information content (AvgIpc) is 2.76. The zero-order valence-corrected chi connectivity index (χ0v) is 45.2. The van der Waals surface area contributed by atoms with Crippen molar-refractivity contribution >= 4 is 34.1 Å². The van der Waals surface area contributed by atoms with Crippen molar-refractivity contribution in [2.75, 3.05) is 9.80 Å². The first-order valence-corrected chi connectivity index (χ1v) is 28.4. The fourth-order valence-electron chi connectivity index (χ4n) is 13.9. The van der Waals surface area contributed by atoms with E-state index in [1.165, 1.54) is 66.8 Å². The highest BCUT2D eigenvalue weighted by Crippen LogP contribution is 2.62. The van der Waals surface area contributed by atoms with E-state index in [2.05, 4.69) is 350 Å². The van der Waals surface area contributed by atoms with Crippen molar-refractivity contribution in [2.45, 2.75) is 10.8 Å². The van der Waals surface area contributed by atoms with E-state index < -0.39 is 10.8 Å². The molecule has 13 aromatic rings. The second-order valence-corrected chi connectivity index (χ2v) is 21.4. The van der Waals surface area contributed by atoms with Crippen LogP contribution in [0.2, 0.25) is 0 Å². The van der Waals surface area contributed by atoms with Crippen LogP contribution in [-0.2, 0) is 10.8 Å². The minimum atomic E-state index is -0.541. The molecule has 0 saturated heterocycles. The fraction of sp³-hybridized carbons (Fsp3) is 0.0250. The zero-order valence-electron chi connectivity index (χ0n) is 45.2. The van der Waals surface area contributed by atoms with Crippen molar-refractivity contribution in [3.8, 4) is 44.5 Å². The number of para-hydroxylation sites is 2. The fourth-order valence-corrected chi connectivity index (χ4v) is 13.9. The molecule has 2 nitrogen and oxygen atoms in total. The Kier molecular flexibility index (Phi) is 12.0. The van der Waals surface area contributed by atoms with E-state index in [0.29, 0.717) is 0 Å². The van der Waals surface area contributed by atoms with Crippen molar-refractivity contribution in [1.82, 2.24) is 0 Å². The number of nitrogens with zero attached hydrogens (tertiary/aromatic N) is 2. The van der Waals surface area contributed by atoms with Crippen LogP contribution in [0.5, 0.6) is 0 Å². The lowest BCUT2D eigenvalue weighted by atomic mass is 9.68. The molecule has 2 aliphatic rings. The maximum atomic E-state index is 2.50. The topological polar surface area (TPSA) is 6.48 Å². The van der Waals surface area contributed by atoms with E-state index >= 15 is 0 Å². The molecule has 0 radical (unpaired) electrons. The average molecular weight is 1050 g/mol. The second kappa shape index (κ2) is 20.3. The van der Waals surface area contributed by atoms with Gasteiger partial charge in [-0.1, -0.05) is 279 Å². The van der Waals surface area contributed by atoms with Crippen LogP contribution in [0.25, 0.3) is 44.5 Å². The molecule has 0 aliphatic heterocycles. The Morgan fingerprint density at radius 3 is 0.988 bits per heavy atom. The summed E-state index contributed by atoms with van der Waals surface area (Å²) in [6.07, 6.45) is 0. The molecule has 2 heteroatoms. The summed E-state index contributed by atoms with van der Waals surface area (Å²) in [5, 5.41) is 0. The van der Waals surface area contributed by atoms with Crippen molar-refractivity contribution in [3.05, 3.63) is 384 Å². The van der Waals surface area contributed by atoms with Gasteiger partial charge in [-0.15, -0.1) is 0 Å². The van der Waals surface area contributed by atoms with Gasteiger partial charge in [0, 0.05) is 33.8 Å². The molecular weight excluding hydrogens is 989 g/mol. The van der Waals surface area contributed by atoms with Crippen molar-refractivity contribution in [1.29, 1.82) is 0 Å². The molecule has 0 bridgehead atoms. The minimum Gasteiger partial charge on any atom is -0.310 e. The number of anilines is 6. The quantitative estimate of drug-likeness (QED) is 0.120. The molecule has 0 amide bonds. The Bertz CT molecular complexity index is 4330. The van der Waals surface area contributed by atoms with Gasteiger partial charge in [-0.25, -0.2) is 0 Å². The van der Waals surface area contributed by atoms with E-state index in [9.17, 15) is 0 Å². The summed E-state index contributed by atoms with van der Waals surface area (Å²) >= 11 is 0. The molecule has 0 atom stereocenters. The van der Waals surface area contributed by atoms with Crippen molar-refractivity contribution < 1.29 is 0 Å². The number of hydrogen-bond acceptors (Lipinski definition) is 2.